The quantitative estimate of drug-likeness (QED) is 0.864. The number of ether oxygens (including phenoxy) is 1. The Hall–Kier alpha value is -2.40. The van der Waals surface area contributed by atoms with Crippen molar-refractivity contribution in [1.29, 1.82) is 0 Å². The number of anilines is 1. The number of nitrogens with one attached hydrogen (secondary N) is 1. The lowest BCUT2D eigenvalue weighted by Crippen LogP contribution is -2.25. The first kappa shape index (κ1) is 17.0. The van der Waals surface area contributed by atoms with E-state index in [4.69, 9.17) is 16.3 Å². The molecule has 0 aliphatic carbocycles. The third kappa shape index (κ3) is 4.53. The van der Waals surface area contributed by atoms with Gasteiger partial charge in [-0.1, -0.05) is 23.7 Å². The average molecular weight is 333 g/mol. The summed E-state index contributed by atoms with van der Waals surface area (Å²) in [6.07, 6.45) is 1.48. The van der Waals surface area contributed by atoms with Crippen molar-refractivity contribution in [3.63, 3.8) is 0 Å². The molecule has 0 atom stereocenters. The van der Waals surface area contributed by atoms with Crippen molar-refractivity contribution in [3.05, 3.63) is 58.7 Å². The Labute approximate surface area is 139 Å². The van der Waals surface area contributed by atoms with Crippen molar-refractivity contribution in [3.8, 4) is 0 Å². The summed E-state index contributed by atoms with van der Waals surface area (Å²) in [4.78, 5) is 28.6. The van der Waals surface area contributed by atoms with Crippen molar-refractivity contribution < 1.29 is 14.3 Å². The molecule has 0 fully saturated rings. The fourth-order valence-electron chi connectivity index (χ4n) is 1.82. The lowest BCUT2D eigenvalue weighted by Gasteiger charge is -2.20. The zero-order valence-electron chi connectivity index (χ0n) is 13.1. The van der Waals surface area contributed by atoms with Crippen LogP contribution in [0.4, 0.5) is 5.82 Å². The molecule has 0 spiro atoms. The van der Waals surface area contributed by atoms with Gasteiger partial charge in [0.05, 0.1) is 10.6 Å². The van der Waals surface area contributed by atoms with Crippen molar-refractivity contribution in [1.82, 2.24) is 4.98 Å². The number of nitrogens with zero attached hydrogens (tertiary/aromatic N) is 1. The molecule has 5 nitrogen and oxygen atoms in total. The van der Waals surface area contributed by atoms with Crippen LogP contribution in [0.1, 0.15) is 41.5 Å². The topological polar surface area (TPSA) is 68.3 Å². The zero-order chi connectivity index (χ0) is 17.0. The second-order valence-electron chi connectivity index (χ2n) is 5.84. The van der Waals surface area contributed by atoms with Crippen molar-refractivity contribution in [2.24, 2.45) is 0 Å². The Bertz CT molecular complexity index is 739. The maximum absolute atomic E-state index is 12.3. The standard InChI is InChI=1S/C17H17ClN2O3/c1-17(2,3)23-16(22)12-8-6-10-19-14(12)20-15(21)11-7-4-5-9-13(11)18/h4-10H,1-3H3,(H,19,20,21). The highest BCUT2D eigenvalue weighted by atomic mass is 35.5. The van der Waals surface area contributed by atoms with E-state index in [0.29, 0.717) is 10.6 Å². The summed E-state index contributed by atoms with van der Waals surface area (Å²) in [7, 11) is 0. The largest absolute Gasteiger partial charge is 0.456 e. The van der Waals surface area contributed by atoms with Gasteiger partial charge in [0.15, 0.2) is 0 Å². The number of aromatic nitrogens is 1. The SMILES string of the molecule is CC(C)(C)OC(=O)c1cccnc1NC(=O)c1ccccc1Cl. The summed E-state index contributed by atoms with van der Waals surface area (Å²) < 4.78 is 5.32. The molecule has 2 rings (SSSR count). The smallest absolute Gasteiger partial charge is 0.342 e. The average Bonchev–Trinajstić information content (AvgIpc) is 2.46. The van der Waals surface area contributed by atoms with E-state index in [9.17, 15) is 9.59 Å². The van der Waals surface area contributed by atoms with E-state index in [2.05, 4.69) is 10.3 Å². The number of pyridine rings is 1. The minimum atomic E-state index is -0.642. The summed E-state index contributed by atoms with van der Waals surface area (Å²) in [6.45, 7) is 5.30. The highest BCUT2D eigenvalue weighted by Crippen LogP contribution is 2.20. The van der Waals surface area contributed by atoms with Gasteiger partial charge in [0.1, 0.15) is 17.0 Å². The van der Waals surface area contributed by atoms with E-state index in [-0.39, 0.29) is 11.4 Å². The Morgan fingerprint density at radius 2 is 1.74 bits per heavy atom. The summed E-state index contributed by atoms with van der Waals surface area (Å²) in [6, 6.07) is 9.78. The first-order chi connectivity index (χ1) is 10.8. The van der Waals surface area contributed by atoms with E-state index in [1.807, 2.05) is 0 Å². The van der Waals surface area contributed by atoms with Gasteiger partial charge in [0.25, 0.3) is 5.91 Å². The molecule has 6 heteroatoms. The van der Waals surface area contributed by atoms with E-state index < -0.39 is 17.5 Å². The number of amides is 1. The number of carbonyl (C=O) groups excluding carboxylic acids is 2. The lowest BCUT2D eigenvalue weighted by atomic mass is 10.1. The molecule has 0 aliphatic rings. The van der Waals surface area contributed by atoms with Gasteiger partial charge in [-0.25, -0.2) is 9.78 Å². The minimum Gasteiger partial charge on any atom is -0.456 e. The zero-order valence-corrected chi connectivity index (χ0v) is 13.8. The molecule has 1 heterocycles. The maximum atomic E-state index is 12.3. The molecule has 1 aromatic carbocycles. The molecular weight excluding hydrogens is 316 g/mol. The highest BCUT2D eigenvalue weighted by molar-refractivity contribution is 6.34. The summed E-state index contributed by atoms with van der Waals surface area (Å²) >= 11 is 6.00. The molecule has 120 valence electrons. The molecule has 0 saturated heterocycles. The second kappa shape index (κ2) is 6.79. The van der Waals surface area contributed by atoms with Crippen LogP contribution in [0.15, 0.2) is 42.6 Å². The third-order valence-corrected chi connectivity index (χ3v) is 3.11. The number of hydrogen-bond acceptors (Lipinski definition) is 4. The Morgan fingerprint density at radius 1 is 1.09 bits per heavy atom. The van der Waals surface area contributed by atoms with Crippen LogP contribution in [0.5, 0.6) is 0 Å². The lowest BCUT2D eigenvalue weighted by molar-refractivity contribution is 0.00704. The normalized spacial score (nSPS) is 11.0. The molecule has 0 unspecified atom stereocenters. The van der Waals surface area contributed by atoms with Crippen LogP contribution >= 0.6 is 11.6 Å². The summed E-state index contributed by atoms with van der Waals surface area (Å²) in [5.74, 6) is -0.870. The minimum absolute atomic E-state index is 0.131. The number of hydrogen-bond donors (Lipinski definition) is 1. The number of benzene rings is 1. The molecule has 0 saturated carbocycles. The van der Waals surface area contributed by atoms with Gasteiger partial charge in [0, 0.05) is 6.20 Å². The fraction of sp³-hybridized carbons (Fsp3) is 0.235. The molecule has 0 aliphatic heterocycles. The van der Waals surface area contributed by atoms with Gasteiger partial charge in [-0.3, -0.25) is 4.79 Å². The van der Waals surface area contributed by atoms with Crippen LogP contribution in [0.3, 0.4) is 0 Å². The molecular formula is C17H17ClN2O3. The summed E-state index contributed by atoms with van der Waals surface area (Å²) in [5.41, 5.74) is -0.158. The van der Waals surface area contributed by atoms with E-state index >= 15 is 0 Å². The van der Waals surface area contributed by atoms with Crippen LogP contribution in [-0.4, -0.2) is 22.5 Å². The molecule has 0 bridgehead atoms. The third-order valence-electron chi connectivity index (χ3n) is 2.78. The van der Waals surface area contributed by atoms with E-state index in [0.717, 1.165) is 0 Å². The van der Waals surface area contributed by atoms with Gasteiger partial charge in [-0.15, -0.1) is 0 Å². The second-order valence-corrected chi connectivity index (χ2v) is 6.24. The molecule has 23 heavy (non-hydrogen) atoms. The first-order valence-electron chi connectivity index (χ1n) is 7.02. The molecule has 0 radical (unpaired) electrons. The number of carbonyl (C=O) groups is 2. The van der Waals surface area contributed by atoms with Crippen molar-refractivity contribution in [2.45, 2.75) is 26.4 Å². The summed E-state index contributed by atoms with van der Waals surface area (Å²) in [5, 5.41) is 2.92. The maximum Gasteiger partial charge on any atom is 0.342 e. The first-order valence-corrected chi connectivity index (χ1v) is 7.40. The van der Waals surface area contributed by atoms with Crippen LogP contribution in [0.25, 0.3) is 0 Å². The molecule has 2 aromatic rings. The van der Waals surface area contributed by atoms with Crippen molar-refractivity contribution in [2.75, 3.05) is 5.32 Å². The Kier molecular flexibility index (Phi) is 5.01. The fourth-order valence-corrected chi connectivity index (χ4v) is 2.04. The number of esters is 1. The molecule has 1 aromatic heterocycles. The predicted molar refractivity (Wildman–Crippen MR) is 88.8 cm³/mol. The van der Waals surface area contributed by atoms with Gasteiger partial charge >= 0.3 is 5.97 Å². The molecule has 1 N–H and O–H groups in total. The van der Waals surface area contributed by atoms with Crippen LogP contribution in [-0.2, 0) is 4.74 Å². The monoisotopic (exact) mass is 332 g/mol. The highest BCUT2D eigenvalue weighted by Gasteiger charge is 2.22. The van der Waals surface area contributed by atoms with Gasteiger partial charge < -0.3 is 10.1 Å². The van der Waals surface area contributed by atoms with Crippen LogP contribution in [0, 0.1) is 0 Å². The van der Waals surface area contributed by atoms with Gasteiger partial charge in [-0.05, 0) is 45.0 Å². The van der Waals surface area contributed by atoms with Gasteiger partial charge in [-0.2, -0.15) is 0 Å². The van der Waals surface area contributed by atoms with Gasteiger partial charge in [0.2, 0.25) is 0 Å². The predicted octanol–water partition coefficient (Wildman–Crippen LogP) is 3.94. The van der Waals surface area contributed by atoms with E-state index in [1.165, 1.54) is 6.20 Å². The van der Waals surface area contributed by atoms with E-state index in [1.54, 1.807) is 57.2 Å². The number of rotatable bonds is 3. The Balaban J connectivity index is 2.26. The van der Waals surface area contributed by atoms with Crippen LogP contribution < -0.4 is 5.32 Å². The van der Waals surface area contributed by atoms with Crippen molar-refractivity contribution >= 4 is 29.3 Å². The Morgan fingerprint density at radius 3 is 2.39 bits per heavy atom. The van der Waals surface area contributed by atoms with Crippen LogP contribution in [0.2, 0.25) is 5.02 Å². The molecule has 1 amide bonds. The number of halogens is 1.